The number of hydrogen-bond donors (Lipinski definition) is 1. The van der Waals surface area contributed by atoms with Crippen molar-refractivity contribution in [3.63, 3.8) is 0 Å². The van der Waals surface area contributed by atoms with Gasteiger partial charge in [0.05, 0.1) is 23.0 Å². The SMILES string of the molecule is CCc1cc(C(NC)C2CCOC3(CCSC3)C2)n(C)n1. The van der Waals surface area contributed by atoms with Crippen LogP contribution in [0.4, 0.5) is 0 Å². The summed E-state index contributed by atoms with van der Waals surface area (Å²) in [5, 5.41) is 8.17. The molecule has 1 N–H and O–H groups in total. The summed E-state index contributed by atoms with van der Waals surface area (Å²) in [5.41, 5.74) is 2.66. The second-order valence-corrected chi connectivity index (χ2v) is 7.50. The minimum atomic E-state index is 0.148. The minimum absolute atomic E-state index is 0.148. The van der Waals surface area contributed by atoms with E-state index in [0.29, 0.717) is 12.0 Å². The van der Waals surface area contributed by atoms with Crippen LogP contribution in [0.5, 0.6) is 0 Å². The van der Waals surface area contributed by atoms with Crippen LogP contribution in [0.25, 0.3) is 0 Å². The normalized spacial score (nSPS) is 30.9. The van der Waals surface area contributed by atoms with E-state index in [-0.39, 0.29) is 5.60 Å². The van der Waals surface area contributed by atoms with Crippen molar-refractivity contribution in [2.45, 2.75) is 44.2 Å². The second-order valence-electron chi connectivity index (χ2n) is 6.39. The first-order valence-electron chi connectivity index (χ1n) is 8.09. The van der Waals surface area contributed by atoms with Crippen molar-refractivity contribution in [1.29, 1.82) is 0 Å². The molecule has 2 aliphatic rings. The molecule has 1 aromatic heterocycles. The maximum atomic E-state index is 6.17. The molecule has 0 saturated carbocycles. The highest BCUT2D eigenvalue weighted by atomic mass is 32.2. The topological polar surface area (TPSA) is 39.1 Å². The Morgan fingerprint density at radius 2 is 2.48 bits per heavy atom. The molecule has 3 heterocycles. The molecule has 1 spiro atoms. The summed E-state index contributed by atoms with van der Waals surface area (Å²) in [4.78, 5) is 0. The first-order chi connectivity index (χ1) is 10.2. The molecule has 2 fully saturated rings. The summed E-state index contributed by atoms with van der Waals surface area (Å²) >= 11 is 2.04. The first kappa shape index (κ1) is 15.4. The number of hydrogen-bond acceptors (Lipinski definition) is 4. The lowest BCUT2D eigenvalue weighted by Crippen LogP contribution is -2.43. The van der Waals surface area contributed by atoms with E-state index in [1.54, 1.807) is 0 Å². The van der Waals surface area contributed by atoms with Crippen LogP contribution in [0.15, 0.2) is 6.07 Å². The summed E-state index contributed by atoms with van der Waals surface area (Å²) in [5.74, 6) is 3.07. The smallest absolute Gasteiger partial charge is 0.0783 e. The number of rotatable bonds is 4. The molecule has 1 aromatic rings. The largest absolute Gasteiger partial charge is 0.374 e. The van der Waals surface area contributed by atoms with E-state index in [9.17, 15) is 0 Å². The number of aryl methyl sites for hydroxylation is 2. The fourth-order valence-electron chi connectivity index (χ4n) is 3.85. The van der Waals surface area contributed by atoms with Gasteiger partial charge in [-0.05, 0) is 50.5 Å². The van der Waals surface area contributed by atoms with Crippen LogP contribution in [-0.2, 0) is 18.2 Å². The van der Waals surface area contributed by atoms with Gasteiger partial charge in [0.25, 0.3) is 0 Å². The van der Waals surface area contributed by atoms with Gasteiger partial charge in [0.2, 0.25) is 0 Å². The molecule has 2 saturated heterocycles. The van der Waals surface area contributed by atoms with Crippen molar-refractivity contribution in [1.82, 2.24) is 15.1 Å². The maximum absolute atomic E-state index is 6.17. The molecular formula is C16H27N3OS. The third kappa shape index (κ3) is 3.01. The minimum Gasteiger partial charge on any atom is -0.374 e. The van der Waals surface area contributed by atoms with E-state index in [2.05, 4.69) is 42.2 Å². The second kappa shape index (κ2) is 6.31. The van der Waals surface area contributed by atoms with Crippen LogP contribution in [0.1, 0.15) is 43.6 Å². The van der Waals surface area contributed by atoms with Crippen LogP contribution >= 0.6 is 11.8 Å². The van der Waals surface area contributed by atoms with Crippen molar-refractivity contribution in [2.24, 2.45) is 13.0 Å². The molecule has 0 aromatic carbocycles. The average Bonchev–Trinajstić information content (AvgIpc) is 3.08. The predicted octanol–water partition coefficient (Wildman–Crippen LogP) is 2.55. The third-order valence-corrected chi connectivity index (χ3v) is 6.25. The molecule has 21 heavy (non-hydrogen) atoms. The molecule has 4 nitrogen and oxygen atoms in total. The molecule has 3 atom stereocenters. The zero-order valence-corrected chi connectivity index (χ0v) is 14.2. The van der Waals surface area contributed by atoms with E-state index < -0.39 is 0 Å². The Bertz CT molecular complexity index is 482. The van der Waals surface area contributed by atoms with Gasteiger partial charge >= 0.3 is 0 Å². The van der Waals surface area contributed by atoms with E-state index in [4.69, 9.17) is 4.74 Å². The van der Waals surface area contributed by atoms with E-state index >= 15 is 0 Å². The van der Waals surface area contributed by atoms with E-state index in [1.165, 1.54) is 35.7 Å². The van der Waals surface area contributed by atoms with Crippen LogP contribution in [0, 0.1) is 5.92 Å². The third-order valence-electron chi connectivity index (χ3n) is 5.03. The molecule has 0 radical (unpaired) electrons. The average molecular weight is 309 g/mol. The van der Waals surface area contributed by atoms with Crippen molar-refractivity contribution in [2.75, 3.05) is 25.2 Å². The van der Waals surface area contributed by atoms with Gasteiger partial charge in [-0.3, -0.25) is 4.68 Å². The summed E-state index contributed by atoms with van der Waals surface area (Å²) < 4.78 is 8.23. The molecular weight excluding hydrogens is 282 g/mol. The van der Waals surface area contributed by atoms with Gasteiger partial charge in [0, 0.05) is 19.4 Å². The lowest BCUT2D eigenvalue weighted by Gasteiger charge is -2.40. The highest BCUT2D eigenvalue weighted by Gasteiger charge is 2.43. The number of nitrogens with one attached hydrogen (secondary N) is 1. The van der Waals surface area contributed by atoms with Crippen molar-refractivity contribution >= 4 is 11.8 Å². The number of thioether (sulfide) groups is 1. The van der Waals surface area contributed by atoms with Crippen molar-refractivity contribution < 1.29 is 4.74 Å². The summed E-state index contributed by atoms with van der Waals surface area (Å²) in [7, 11) is 4.15. The summed E-state index contributed by atoms with van der Waals surface area (Å²) in [6.07, 6.45) is 4.54. The summed E-state index contributed by atoms with van der Waals surface area (Å²) in [6, 6.07) is 2.65. The van der Waals surface area contributed by atoms with Gasteiger partial charge in [-0.1, -0.05) is 6.92 Å². The maximum Gasteiger partial charge on any atom is 0.0783 e. The molecule has 118 valence electrons. The molecule has 0 aliphatic carbocycles. The molecule has 3 rings (SSSR count). The zero-order chi connectivity index (χ0) is 14.9. The Labute approximate surface area is 132 Å². The zero-order valence-electron chi connectivity index (χ0n) is 13.4. The molecule has 2 aliphatic heterocycles. The van der Waals surface area contributed by atoms with Gasteiger partial charge in [0.15, 0.2) is 0 Å². The van der Waals surface area contributed by atoms with Crippen molar-refractivity contribution in [3.05, 3.63) is 17.5 Å². The lowest BCUT2D eigenvalue weighted by atomic mass is 9.80. The van der Waals surface area contributed by atoms with Crippen LogP contribution < -0.4 is 5.32 Å². The highest BCUT2D eigenvalue weighted by Crippen LogP contribution is 2.43. The number of aromatic nitrogens is 2. The Morgan fingerprint density at radius 3 is 3.10 bits per heavy atom. The van der Waals surface area contributed by atoms with E-state index in [1.807, 2.05) is 11.8 Å². The van der Waals surface area contributed by atoms with Crippen LogP contribution in [0.3, 0.4) is 0 Å². The first-order valence-corrected chi connectivity index (χ1v) is 9.25. The standard InChI is InChI=1S/C16H27N3OS/c1-4-13-9-14(19(3)18-13)15(17-2)12-5-7-20-16(10-12)6-8-21-11-16/h9,12,15,17H,4-8,10-11H2,1-3H3. The van der Waals surface area contributed by atoms with Gasteiger partial charge in [-0.15, -0.1) is 0 Å². The molecule has 0 bridgehead atoms. The van der Waals surface area contributed by atoms with Crippen LogP contribution in [-0.4, -0.2) is 40.5 Å². The van der Waals surface area contributed by atoms with Crippen LogP contribution in [0.2, 0.25) is 0 Å². The van der Waals surface area contributed by atoms with Gasteiger partial charge < -0.3 is 10.1 Å². The molecule has 5 heteroatoms. The van der Waals surface area contributed by atoms with Gasteiger partial charge in [-0.25, -0.2) is 0 Å². The Kier molecular flexibility index (Phi) is 4.62. The van der Waals surface area contributed by atoms with Gasteiger partial charge in [0.1, 0.15) is 0 Å². The monoisotopic (exact) mass is 309 g/mol. The number of nitrogens with zero attached hydrogens (tertiary/aromatic N) is 2. The Balaban J connectivity index is 1.80. The molecule has 0 amide bonds. The quantitative estimate of drug-likeness (QED) is 0.928. The number of ether oxygens (including phenoxy) is 1. The molecule has 3 unspecified atom stereocenters. The Hall–Kier alpha value is -0.520. The van der Waals surface area contributed by atoms with Gasteiger partial charge in [-0.2, -0.15) is 16.9 Å². The van der Waals surface area contributed by atoms with E-state index in [0.717, 1.165) is 19.4 Å². The lowest BCUT2D eigenvalue weighted by molar-refractivity contribution is -0.0854. The highest BCUT2D eigenvalue weighted by molar-refractivity contribution is 7.99. The fraction of sp³-hybridized carbons (Fsp3) is 0.812. The van der Waals surface area contributed by atoms with Crippen molar-refractivity contribution in [3.8, 4) is 0 Å². The Morgan fingerprint density at radius 1 is 1.62 bits per heavy atom. The predicted molar refractivity (Wildman–Crippen MR) is 87.7 cm³/mol. The summed E-state index contributed by atoms with van der Waals surface area (Å²) in [6.45, 7) is 3.07. The fourth-order valence-corrected chi connectivity index (χ4v) is 5.22.